The third kappa shape index (κ3) is 4.60. The van der Waals surface area contributed by atoms with Crippen LogP contribution in [0.5, 0.6) is 0 Å². The Morgan fingerprint density at radius 2 is 1.97 bits per heavy atom. The fourth-order valence-corrected chi connectivity index (χ4v) is 5.16. The summed E-state index contributed by atoms with van der Waals surface area (Å²) in [5.41, 5.74) is -0.591. The Labute approximate surface area is 194 Å². The Hall–Kier alpha value is -2.91. The Morgan fingerprint density at radius 3 is 2.64 bits per heavy atom. The fourth-order valence-electron chi connectivity index (χ4n) is 5.16. The molecule has 2 N–H and O–H groups in total. The van der Waals surface area contributed by atoms with Crippen LogP contribution in [0, 0.1) is 0 Å². The number of hydrogen-bond acceptors (Lipinski definition) is 5. The SMILES string of the molecule is CCN1C(=O)c2cc(C(=O)NCCCN3CCCC3=O)nn2C[C@]1(C)C(=O)NC1CCCC1. The number of hydrogen-bond donors (Lipinski definition) is 2. The molecule has 0 bridgehead atoms. The van der Waals surface area contributed by atoms with Gasteiger partial charge in [0.25, 0.3) is 11.8 Å². The average Bonchev–Trinajstić information content (AvgIpc) is 3.53. The summed E-state index contributed by atoms with van der Waals surface area (Å²) < 4.78 is 1.49. The summed E-state index contributed by atoms with van der Waals surface area (Å²) in [6.45, 7) is 6.02. The van der Waals surface area contributed by atoms with Gasteiger partial charge >= 0.3 is 0 Å². The molecule has 4 rings (SSSR count). The highest BCUT2D eigenvalue weighted by Crippen LogP contribution is 2.28. The van der Waals surface area contributed by atoms with Crippen molar-refractivity contribution in [3.8, 4) is 0 Å². The minimum absolute atomic E-state index is 0.152. The molecule has 0 spiro atoms. The van der Waals surface area contributed by atoms with Gasteiger partial charge in [0.05, 0.1) is 6.54 Å². The second kappa shape index (κ2) is 9.52. The lowest BCUT2D eigenvalue weighted by Gasteiger charge is -2.43. The van der Waals surface area contributed by atoms with E-state index in [1.807, 2.05) is 11.8 Å². The largest absolute Gasteiger partial charge is 0.351 e. The van der Waals surface area contributed by atoms with E-state index in [0.717, 1.165) is 38.6 Å². The normalized spacial score (nSPS) is 23.2. The van der Waals surface area contributed by atoms with Gasteiger partial charge in [-0.3, -0.25) is 23.9 Å². The van der Waals surface area contributed by atoms with Crippen LogP contribution in [0.1, 0.15) is 79.8 Å². The molecule has 1 atom stereocenters. The molecule has 1 aromatic rings. The third-order valence-electron chi connectivity index (χ3n) is 7.09. The lowest BCUT2D eigenvalue weighted by Crippen LogP contribution is -2.64. The Bertz CT molecular complexity index is 937. The zero-order valence-electron chi connectivity index (χ0n) is 19.6. The van der Waals surface area contributed by atoms with Crippen molar-refractivity contribution in [3.63, 3.8) is 0 Å². The zero-order chi connectivity index (χ0) is 23.6. The maximum atomic E-state index is 13.2. The van der Waals surface area contributed by atoms with Crippen molar-refractivity contribution in [1.29, 1.82) is 0 Å². The summed E-state index contributed by atoms with van der Waals surface area (Å²) in [4.78, 5) is 54.1. The highest BCUT2D eigenvalue weighted by atomic mass is 16.2. The summed E-state index contributed by atoms with van der Waals surface area (Å²) in [5, 5.41) is 10.3. The number of aromatic nitrogens is 2. The number of nitrogens with zero attached hydrogens (tertiary/aromatic N) is 4. The summed E-state index contributed by atoms with van der Waals surface area (Å²) in [5.74, 6) is -0.667. The smallest absolute Gasteiger partial charge is 0.273 e. The highest BCUT2D eigenvalue weighted by molar-refractivity contribution is 6.01. The van der Waals surface area contributed by atoms with Gasteiger partial charge in [0, 0.05) is 44.7 Å². The van der Waals surface area contributed by atoms with Crippen LogP contribution in [-0.2, 0) is 16.1 Å². The third-order valence-corrected chi connectivity index (χ3v) is 7.09. The van der Waals surface area contributed by atoms with E-state index in [-0.39, 0.29) is 41.9 Å². The Morgan fingerprint density at radius 1 is 1.21 bits per heavy atom. The molecule has 2 aliphatic heterocycles. The van der Waals surface area contributed by atoms with E-state index in [4.69, 9.17) is 0 Å². The first-order valence-electron chi connectivity index (χ1n) is 12.1. The Balaban J connectivity index is 1.40. The number of fused-ring (bicyclic) bond motifs is 1. The molecule has 10 nitrogen and oxygen atoms in total. The topological polar surface area (TPSA) is 117 Å². The number of nitrogens with one attached hydrogen (secondary N) is 2. The van der Waals surface area contributed by atoms with Crippen molar-refractivity contribution in [3.05, 3.63) is 17.5 Å². The molecule has 3 heterocycles. The van der Waals surface area contributed by atoms with Crippen LogP contribution in [0.2, 0.25) is 0 Å². The van der Waals surface area contributed by atoms with Crippen molar-refractivity contribution in [2.75, 3.05) is 26.2 Å². The summed E-state index contributed by atoms with van der Waals surface area (Å²) in [7, 11) is 0. The second-order valence-electron chi connectivity index (χ2n) is 9.44. The fraction of sp³-hybridized carbons (Fsp3) is 0.696. The first kappa shape index (κ1) is 23.3. The lowest BCUT2D eigenvalue weighted by molar-refractivity contribution is -0.133. The van der Waals surface area contributed by atoms with Gasteiger partial charge < -0.3 is 20.4 Å². The van der Waals surface area contributed by atoms with Gasteiger partial charge in [-0.05, 0) is 39.5 Å². The summed E-state index contributed by atoms with van der Waals surface area (Å²) in [6, 6.07) is 1.65. The summed E-state index contributed by atoms with van der Waals surface area (Å²) in [6.07, 6.45) is 6.30. The van der Waals surface area contributed by atoms with Crippen molar-refractivity contribution >= 4 is 23.6 Å². The molecule has 33 heavy (non-hydrogen) atoms. The van der Waals surface area contributed by atoms with Gasteiger partial charge in [0.1, 0.15) is 11.2 Å². The summed E-state index contributed by atoms with van der Waals surface area (Å²) >= 11 is 0. The first-order valence-corrected chi connectivity index (χ1v) is 12.1. The molecule has 1 aliphatic carbocycles. The quantitative estimate of drug-likeness (QED) is 0.562. The van der Waals surface area contributed by atoms with Crippen LogP contribution in [0.3, 0.4) is 0 Å². The standard InChI is InChI=1S/C23H34N6O4/c1-3-28-21(32)18-14-17(20(31)24-11-7-13-27-12-6-10-19(27)30)26-29(18)15-23(28,2)22(33)25-16-8-4-5-9-16/h14,16H,3-13,15H2,1-2H3,(H,24,31)(H,25,33)/t23-/m1/s1. The maximum absolute atomic E-state index is 13.2. The number of amides is 4. The Kier molecular flexibility index (Phi) is 6.71. The molecule has 180 valence electrons. The zero-order valence-corrected chi connectivity index (χ0v) is 19.6. The van der Waals surface area contributed by atoms with Crippen LogP contribution in [0.25, 0.3) is 0 Å². The van der Waals surface area contributed by atoms with E-state index in [0.29, 0.717) is 38.2 Å². The van der Waals surface area contributed by atoms with Gasteiger partial charge in [-0.1, -0.05) is 12.8 Å². The van der Waals surface area contributed by atoms with Crippen molar-refractivity contribution in [2.24, 2.45) is 0 Å². The van der Waals surface area contributed by atoms with E-state index in [1.54, 1.807) is 11.8 Å². The van der Waals surface area contributed by atoms with Crippen LogP contribution < -0.4 is 10.6 Å². The number of carbonyl (C=O) groups excluding carboxylic acids is 4. The molecule has 10 heteroatoms. The number of rotatable bonds is 8. The van der Waals surface area contributed by atoms with Crippen molar-refractivity contribution < 1.29 is 19.2 Å². The molecule has 0 radical (unpaired) electrons. The molecule has 1 saturated heterocycles. The van der Waals surface area contributed by atoms with E-state index >= 15 is 0 Å². The maximum Gasteiger partial charge on any atom is 0.273 e. The molecule has 2 fully saturated rings. The van der Waals surface area contributed by atoms with E-state index in [1.165, 1.54) is 10.7 Å². The van der Waals surface area contributed by atoms with Crippen LogP contribution in [-0.4, -0.2) is 81.0 Å². The van der Waals surface area contributed by atoms with Crippen LogP contribution in [0.4, 0.5) is 0 Å². The minimum Gasteiger partial charge on any atom is -0.351 e. The van der Waals surface area contributed by atoms with Crippen molar-refractivity contribution in [2.45, 2.75) is 76.9 Å². The molecular formula is C23H34N6O4. The molecule has 3 aliphatic rings. The monoisotopic (exact) mass is 458 g/mol. The number of carbonyl (C=O) groups is 4. The predicted molar refractivity (Wildman–Crippen MR) is 121 cm³/mol. The van der Waals surface area contributed by atoms with Gasteiger partial charge in [-0.2, -0.15) is 5.10 Å². The van der Waals surface area contributed by atoms with Crippen molar-refractivity contribution in [1.82, 2.24) is 30.2 Å². The molecule has 1 saturated carbocycles. The average molecular weight is 459 g/mol. The first-order chi connectivity index (χ1) is 15.8. The molecule has 0 unspecified atom stereocenters. The van der Waals surface area contributed by atoms with E-state index in [2.05, 4.69) is 15.7 Å². The predicted octanol–water partition coefficient (Wildman–Crippen LogP) is 0.919. The second-order valence-corrected chi connectivity index (χ2v) is 9.44. The van der Waals surface area contributed by atoms with Crippen LogP contribution in [0.15, 0.2) is 6.07 Å². The van der Waals surface area contributed by atoms with E-state index in [9.17, 15) is 19.2 Å². The van der Waals surface area contributed by atoms with E-state index < -0.39 is 5.54 Å². The highest BCUT2D eigenvalue weighted by Gasteiger charge is 2.48. The lowest BCUT2D eigenvalue weighted by atomic mass is 9.94. The van der Waals surface area contributed by atoms with Gasteiger partial charge in [0.15, 0.2) is 5.69 Å². The molecule has 0 aromatic carbocycles. The molecular weight excluding hydrogens is 424 g/mol. The van der Waals surface area contributed by atoms with Gasteiger partial charge in [0.2, 0.25) is 11.8 Å². The molecule has 1 aromatic heterocycles. The van der Waals surface area contributed by atoms with Gasteiger partial charge in [-0.25, -0.2) is 0 Å². The molecule has 4 amide bonds. The number of likely N-dealkylation sites (tertiary alicyclic amines) is 1. The minimum atomic E-state index is -1.07. The van der Waals surface area contributed by atoms with Crippen LogP contribution >= 0.6 is 0 Å². The number of likely N-dealkylation sites (N-methyl/N-ethyl adjacent to an activating group) is 1. The van der Waals surface area contributed by atoms with Gasteiger partial charge in [-0.15, -0.1) is 0 Å².